The topological polar surface area (TPSA) is 164 Å². The van der Waals surface area contributed by atoms with Crippen molar-refractivity contribution in [2.75, 3.05) is 13.2 Å². The SMILES string of the molecule is CC(=O)NC1C(C)OC(CO)[C@@H](O[C@@H]2OC(CO)[C@@H](C)[C@H](O)C2N)[C@@H]1O. The minimum absolute atomic E-state index is 0.330. The summed E-state index contributed by atoms with van der Waals surface area (Å²) in [4.78, 5) is 11.4. The van der Waals surface area contributed by atoms with Crippen LogP contribution in [0.4, 0.5) is 0 Å². The summed E-state index contributed by atoms with van der Waals surface area (Å²) in [6.07, 6.45) is -6.46. The Balaban J connectivity index is 2.16. The van der Waals surface area contributed by atoms with Crippen molar-refractivity contribution in [2.24, 2.45) is 11.7 Å². The number of hydrogen-bond acceptors (Lipinski definition) is 9. The molecule has 2 heterocycles. The molecule has 0 aromatic rings. The Kier molecular flexibility index (Phi) is 7.34. The third-order valence-corrected chi connectivity index (χ3v) is 5.13. The van der Waals surface area contributed by atoms with Crippen molar-refractivity contribution in [3.8, 4) is 0 Å². The third-order valence-electron chi connectivity index (χ3n) is 5.13. The quantitative estimate of drug-likeness (QED) is 0.294. The highest BCUT2D eigenvalue weighted by Crippen LogP contribution is 2.30. The van der Waals surface area contributed by atoms with Crippen LogP contribution in [0.2, 0.25) is 0 Å². The number of aliphatic hydroxyl groups excluding tert-OH is 4. The van der Waals surface area contributed by atoms with Gasteiger partial charge in [0.15, 0.2) is 6.29 Å². The van der Waals surface area contributed by atoms with Crippen molar-refractivity contribution in [3.05, 3.63) is 0 Å². The first kappa shape index (κ1) is 21.5. The van der Waals surface area contributed by atoms with Gasteiger partial charge >= 0.3 is 0 Å². The van der Waals surface area contributed by atoms with E-state index in [1.54, 1.807) is 13.8 Å². The molecule has 1 amide bonds. The first-order valence-corrected chi connectivity index (χ1v) is 8.78. The van der Waals surface area contributed by atoms with Crippen LogP contribution in [0.25, 0.3) is 0 Å². The highest BCUT2D eigenvalue weighted by molar-refractivity contribution is 5.73. The maximum absolute atomic E-state index is 11.4. The van der Waals surface area contributed by atoms with Gasteiger partial charge in [0, 0.05) is 12.8 Å². The molecule has 0 aliphatic carbocycles. The van der Waals surface area contributed by atoms with Crippen LogP contribution in [0.1, 0.15) is 20.8 Å². The fraction of sp³-hybridized carbons (Fsp3) is 0.938. The second-order valence-electron chi connectivity index (χ2n) is 7.03. The van der Waals surface area contributed by atoms with E-state index in [-0.39, 0.29) is 12.5 Å². The zero-order chi connectivity index (χ0) is 19.6. The van der Waals surface area contributed by atoms with E-state index in [2.05, 4.69) is 5.32 Å². The summed E-state index contributed by atoms with van der Waals surface area (Å²) in [5, 5.41) is 42.5. The smallest absolute Gasteiger partial charge is 0.217 e. The van der Waals surface area contributed by atoms with Gasteiger partial charge in [-0.05, 0) is 6.92 Å². The van der Waals surface area contributed by atoms with Crippen molar-refractivity contribution in [2.45, 2.75) is 75.8 Å². The summed E-state index contributed by atoms with van der Waals surface area (Å²) >= 11 is 0. The Morgan fingerprint density at radius 3 is 2.27 bits per heavy atom. The fourth-order valence-corrected chi connectivity index (χ4v) is 3.50. The maximum atomic E-state index is 11.4. The summed E-state index contributed by atoms with van der Waals surface area (Å²) in [7, 11) is 0. The van der Waals surface area contributed by atoms with E-state index in [0.717, 1.165) is 0 Å². The largest absolute Gasteiger partial charge is 0.394 e. The average Bonchev–Trinajstić information content (AvgIpc) is 2.60. The van der Waals surface area contributed by atoms with Gasteiger partial charge in [-0.1, -0.05) is 6.92 Å². The number of nitrogens with two attached hydrogens (primary N) is 1. The number of rotatable bonds is 5. The van der Waals surface area contributed by atoms with Gasteiger partial charge in [-0.3, -0.25) is 4.79 Å². The molecule has 0 aromatic carbocycles. The number of amides is 1. The van der Waals surface area contributed by atoms with Crippen LogP contribution in [0.5, 0.6) is 0 Å². The normalized spacial score (nSPS) is 46.8. The van der Waals surface area contributed by atoms with E-state index in [9.17, 15) is 25.2 Å². The summed E-state index contributed by atoms with van der Waals surface area (Å²) in [5.74, 6) is -0.746. The van der Waals surface area contributed by atoms with E-state index in [1.165, 1.54) is 6.92 Å². The van der Waals surface area contributed by atoms with Gasteiger partial charge in [0.05, 0.1) is 43.6 Å². The lowest BCUT2D eigenvalue weighted by molar-refractivity contribution is -0.303. The molecule has 0 spiro atoms. The van der Waals surface area contributed by atoms with Crippen molar-refractivity contribution in [1.82, 2.24) is 5.32 Å². The molecule has 2 aliphatic heterocycles. The fourth-order valence-electron chi connectivity index (χ4n) is 3.50. The van der Waals surface area contributed by atoms with Crippen LogP contribution in [-0.4, -0.2) is 94.5 Å². The van der Waals surface area contributed by atoms with E-state index in [1.807, 2.05) is 0 Å². The van der Waals surface area contributed by atoms with E-state index < -0.39 is 67.5 Å². The zero-order valence-electron chi connectivity index (χ0n) is 15.2. The highest BCUT2D eigenvalue weighted by atomic mass is 16.7. The lowest BCUT2D eigenvalue weighted by atomic mass is 9.89. The molecule has 2 saturated heterocycles. The Morgan fingerprint density at radius 1 is 1.12 bits per heavy atom. The number of ether oxygens (including phenoxy) is 3. The molecule has 0 radical (unpaired) electrons. The molecule has 0 saturated carbocycles. The maximum Gasteiger partial charge on any atom is 0.217 e. The number of aliphatic hydroxyl groups is 4. The number of carbonyl (C=O) groups is 1. The molecule has 2 rings (SSSR count). The first-order valence-electron chi connectivity index (χ1n) is 8.78. The number of carbonyl (C=O) groups excluding carboxylic acids is 1. The second-order valence-corrected chi connectivity index (χ2v) is 7.03. The van der Waals surface area contributed by atoms with E-state index >= 15 is 0 Å². The summed E-state index contributed by atoms with van der Waals surface area (Å²) in [6, 6.07) is -1.67. The van der Waals surface area contributed by atoms with Gasteiger partial charge in [-0.2, -0.15) is 0 Å². The lowest BCUT2D eigenvalue weighted by Gasteiger charge is -2.47. The summed E-state index contributed by atoms with van der Waals surface area (Å²) < 4.78 is 17.0. The van der Waals surface area contributed by atoms with Crippen molar-refractivity contribution in [3.63, 3.8) is 0 Å². The molecule has 10 heteroatoms. The molecule has 10 atom stereocenters. The zero-order valence-corrected chi connectivity index (χ0v) is 15.2. The van der Waals surface area contributed by atoms with E-state index in [0.29, 0.717) is 0 Å². The molecule has 2 aliphatic rings. The summed E-state index contributed by atoms with van der Waals surface area (Å²) in [6.45, 7) is 3.92. The first-order chi connectivity index (χ1) is 12.2. The molecule has 10 nitrogen and oxygen atoms in total. The van der Waals surface area contributed by atoms with Gasteiger partial charge in [-0.15, -0.1) is 0 Å². The van der Waals surface area contributed by atoms with Crippen LogP contribution in [0.3, 0.4) is 0 Å². The Bertz CT molecular complexity index is 479. The predicted molar refractivity (Wildman–Crippen MR) is 88.8 cm³/mol. The second kappa shape index (κ2) is 8.89. The molecule has 0 aromatic heterocycles. The minimum Gasteiger partial charge on any atom is -0.394 e. The van der Waals surface area contributed by atoms with Crippen LogP contribution in [0, 0.1) is 5.92 Å². The van der Waals surface area contributed by atoms with Crippen LogP contribution >= 0.6 is 0 Å². The molecular formula is C16H30N2O8. The van der Waals surface area contributed by atoms with Gasteiger partial charge in [0.1, 0.15) is 18.3 Å². The number of hydrogen-bond donors (Lipinski definition) is 6. The van der Waals surface area contributed by atoms with E-state index in [4.69, 9.17) is 19.9 Å². The van der Waals surface area contributed by atoms with Gasteiger partial charge < -0.3 is 45.7 Å². The monoisotopic (exact) mass is 378 g/mol. The van der Waals surface area contributed by atoms with Crippen molar-refractivity contribution < 1.29 is 39.4 Å². The molecule has 2 fully saturated rings. The molecule has 5 unspecified atom stereocenters. The third kappa shape index (κ3) is 4.34. The minimum atomic E-state index is -1.19. The van der Waals surface area contributed by atoms with Gasteiger partial charge in [-0.25, -0.2) is 0 Å². The van der Waals surface area contributed by atoms with Crippen molar-refractivity contribution >= 4 is 5.91 Å². The van der Waals surface area contributed by atoms with Crippen LogP contribution < -0.4 is 11.1 Å². The van der Waals surface area contributed by atoms with Gasteiger partial charge in [0.2, 0.25) is 5.91 Å². The molecular weight excluding hydrogens is 348 g/mol. The molecule has 7 N–H and O–H groups in total. The molecule has 0 bridgehead atoms. The summed E-state index contributed by atoms with van der Waals surface area (Å²) in [5.41, 5.74) is 5.99. The average molecular weight is 378 g/mol. The molecule has 26 heavy (non-hydrogen) atoms. The highest BCUT2D eigenvalue weighted by Gasteiger charge is 2.48. The Morgan fingerprint density at radius 2 is 1.73 bits per heavy atom. The lowest BCUT2D eigenvalue weighted by Crippen LogP contribution is -2.67. The number of nitrogens with one attached hydrogen (secondary N) is 1. The Hall–Kier alpha value is -0.850. The van der Waals surface area contributed by atoms with Crippen LogP contribution in [-0.2, 0) is 19.0 Å². The van der Waals surface area contributed by atoms with Gasteiger partial charge in [0.25, 0.3) is 0 Å². The van der Waals surface area contributed by atoms with Crippen molar-refractivity contribution in [1.29, 1.82) is 0 Å². The standard InChI is InChI=1S/C16H30N2O8/c1-6-9(4-19)25-16(11(17)13(6)22)26-15-10(5-20)24-7(2)12(14(15)23)18-8(3)21/h6-7,9-16,19-20,22-23H,4-5,17H2,1-3H3,(H,18,21)/t6-,7?,9?,10?,11?,12?,13+,14-,15-,16+/m1/s1. The Labute approximate surface area is 152 Å². The molecule has 152 valence electrons. The van der Waals surface area contributed by atoms with Crippen LogP contribution in [0.15, 0.2) is 0 Å². The predicted octanol–water partition coefficient (Wildman–Crippen LogP) is -2.94.